The van der Waals surface area contributed by atoms with Crippen LogP contribution in [0.2, 0.25) is 0 Å². The second-order valence-electron chi connectivity index (χ2n) is 9.98. The van der Waals surface area contributed by atoms with Crippen LogP contribution in [-0.4, -0.2) is 0 Å². The summed E-state index contributed by atoms with van der Waals surface area (Å²) in [6, 6.07) is 1.82. The minimum Gasteiger partial charge on any atom is -0.206 e. The van der Waals surface area contributed by atoms with Crippen LogP contribution < -0.4 is 0 Å². The van der Waals surface area contributed by atoms with Gasteiger partial charge in [-0.2, -0.15) is 13.2 Å². The Morgan fingerprint density at radius 3 is 1.76 bits per heavy atom. The highest BCUT2D eigenvalue weighted by Crippen LogP contribution is 2.50. The fourth-order valence-corrected chi connectivity index (χ4v) is 6.61. The SMILES string of the molecule is CC1CCC2CC(C3CCC(c4cc(F)c(C(F)(F)F)c(F)c4)CC3)CCC2C1. The highest BCUT2D eigenvalue weighted by Gasteiger charge is 2.40. The van der Waals surface area contributed by atoms with E-state index in [0.29, 0.717) is 11.5 Å². The molecule has 4 unspecified atom stereocenters. The molecule has 0 amide bonds. The van der Waals surface area contributed by atoms with Crippen molar-refractivity contribution in [2.24, 2.45) is 29.6 Å². The molecule has 1 aromatic rings. The van der Waals surface area contributed by atoms with E-state index < -0.39 is 23.4 Å². The van der Waals surface area contributed by atoms with Crippen molar-refractivity contribution in [3.63, 3.8) is 0 Å². The summed E-state index contributed by atoms with van der Waals surface area (Å²) < 4.78 is 66.3. The molecule has 0 aromatic heterocycles. The first-order chi connectivity index (χ1) is 13.7. The highest BCUT2D eigenvalue weighted by molar-refractivity contribution is 5.30. The number of rotatable bonds is 2. The van der Waals surface area contributed by atoms with Crippen molar-refractivity contribution in [2.75, 3.05) is 0 Å². The van der Waals surface area contributed by atoms with Gasteiger partial charge in [0, 0.05) is 0 Å². The molecule has 4 rings (SSSR count). The molecule has 0 heterocycles. The van der Waals surface area contributed by atoms with Gasteiger partial charge < -0.3 is 0 Å². The maximum absolute atomic E-state index is 14.0. The molecular formula is C24H31F5. The maximum atomic E-state index is 14.0. The van der Waals surface area contributed by atoms with E-state index in [1.54, 1.807) is 0 Å². The minimum absolute atomic E-state index is 0.0376. The van der Waals surface area contributed by atoms with Gasteiger partial charge in [-0.05, 0) is 111 Å². The first-order valence-electron chi connectivity index (χ1n) is 11.3. The van der Waals surface area contributed by atoms with Crippen LogP contribution >= 0.6 is 0 Å². The number of fused-ring (bicyclic) bond motifs is 1. The zero-order valence-corrected chi connectivity index (χ0v) is 17.1. The lowest BCUT2D eigenvalue weighted by molar-refractivity contribution is -0.142. The Morgan fingerprint density at radius 2 is 1.17 bits per heavy atom. The predicted octanol–water partition coefficient (Wildman–Crippen LogP) is 8.11. The van der Waals surface area contributed by atoms with Crippen LogP contribution in [0.1, 0.15) is 88.2 Å². The Balaban J connectivity index is 1.36. The van der Waals surface area contributed by atoms with E-state index in [4.69, 9.17) is 0 Å². The largest absolute Gasteiger partial charge is 0.422 e. The van der Waals surface area contributed by atoms with Gasteiger partial charge in [0.25, 0.3) is 0 Å². The maximum Gasteiger partial charge on any atom is 0.422 e. The van der Waals surface area contributed by atoms with Gasteiger partial charge in [0.2, 0.25) is 0 Å². The summed E-state index contributed by atoms with van der Waals surface area (Å²) in [4.78, 5) is 0. The molecule has 0 nitrogen and oxygen atoms in total. The van der Waals surface area contributed by atoms with Crippen molar-refractivity contribution in [3.8, 4) is 0 Å². The molecule has 3 saturated carbocycles. The molecule has 162 valence electrons. The second kappa shape index (κ2) is 8.19. The first kappa shape index (κ1) is 21.1. The molecule has 0 bridgehead atoms. The van der Waals surface area contributed by atoms with E-state index in [-0.39, 0.29) is 5.92 Å². The lowest BCUT2D eigenvalue weighted by atomic mass is 9.61. The molecule has 3 fully saturated rings. The van der Waals surface area contributed by atoms with Crippen LogP contribution in [0, 0.1) is 41.2 Å². The molecule has 3 aliphatic rings. The van der Waals surface area contributed by atoms with Gasteiger partial charge in [-0.25, -0.2) is 8.78 Å². The number of hydrogen-bond acceptors (Lipinski definition) is 0. The van der Waals surface area contributed by atoms with E-state index in [2.05, 4.69) is 6.92 Å². The van der Waals surface area contributed by atoms with Crippen LogP contribution in [0.4, 0.5) is 22.0 Å². The van der Waals surface area contributed by atoms with Crippen LogP contribution in [0.25, 0.3) is 0 Å². The number of hydrogen-bond donors (Lipinski definition) is 0. The third-order valence-electron chi connectivity index (χ3n) is 8.17. The van der Waals surface area contributed by atoms with E-state index in [0.717, 1.165) is 61.5 Å². The summed E-state index contributed by atoms with van der Waals surface area (Å²) in [6.07, 6.45) is 6.74. The van der Waals surface area contributed by atoms with E-state index in [1.807, 2.05) is 0 Å². The van der Waals surface area contributed by atoms with Gasteiger partial charge >= 0.3 is 6.18 Å². The summed E-state index contributed by atoms with van der Waals surface area (Å²) in [7, 11) is 0. The van der Waals surface area contributed by atoms with E-state index in [9.17, 15) is 22.0 Å². The van der Waals surface area contributed by atoms with Crippen LogP contribution in [0.3, 0.4) is 0 Å². The number of alkyl halides is 3. The number of benzene rings is 1. The Kier molecular flexibility index (Phi) is 5.96. The zero-order chi connectivity index (χ0) is 20.8. The molecule has 0 spiro atoms. The van der Waals surface area contributed by atoms with Crippen molar-refractivity contribution in [1.82, 2.24) is 0 Å². The molecule has 0 N–H and O–H groups in total. The average Bonchev–Trinajstić information content (AvgIpc) is 2.66. The Morgan fingerprint density at radius 1 is 0.690 bits per heavy atom. The lowest BCUT2D eigenvalue weighted by Gasteiger charge is -2.45. The van der Waals surface area contributed by atoms with E-state index in [1.165, 1.54) is 38.5 Å². The monoisotopic (exact) mass is 414 g/mol. The third-order valence-corrected chi connectivity index (χ3v) is 8.17. The van der Waals surface area contributed by atoms with Gasteiger partial charge in [-0.3, -0.25) is 0 Å². The molecule has 0 radical (unpaired) electrons. The van der Waals surface area contributed by atoms with E-state index >= 15 is 0 Å². The molecule has 5 heteroatoms. The summed E-state index contributed by atoms with van der Waals surface area (Å²) in [5.41, 5.74) is -1.38. The highest BCUT2D eigenvalue weighted by atomic mass is 19.4. The second-order valence-corrected chi connectivity index (χ2v) is 9.98. The van der Waals surface area contributed by atoms with Gasteiger partial charge in [0.15, 0.2) is 0 Å². The van der Waals surface area contributed by atoms with Crippen molar-refractivity contribution >= 4 is 0 Å². The van der Waals surface area contributed by atoms with Gasteiger partial charge in [-0.15, -0.1) is 0 Å². The first-order valence-corrected chi connectivity index (χ1v) is 11.3. The van der Waals surface area contributed by atoms with Crippen LogP contribution in [-0.2, 0) is 6.18 Å². The molecule has 4 atom stereocenters. The Hall–Kier alpha value is -1.13. The summed E-state index contributed by atoms with van der Waals surface area (Å²) in [5.74, 6) is 1.06. The standard InChI is InChI=1S/C24H31F5/c1-14-2-3-19-11-18(9-8-17(19)10-14)15-4-6-16(7-5-15)20-12-21(25)23(22(26)13-20)24(27,28)29/h12-19H,2-11H2,1H3. The minimum atomic E-state index is -5.00. The Labute approximate surface area is 170 Å². The van der Waals surface area contributed by atoms with Gasteiger partial charge in [0.1, 0.15) is 17.2 Å². The zero-order valence-electron chi connectivity index (χ0n) is 17.1. The summed E-state index contributed by atoms with van der Waals surface area (Å²) in [5, 5.41) is 0. The summed E-state index contributed by atoms with van der Waals surface area (Å²) >= 11 is 0. The third kappa shape index (κ3) is 4.49. The normalized spacial score (nSPS) is 35.9. The van der Waals surface area contributed by atoms with Gasteiger partial charge in [-0.1, -0.05) is 13.3 Å². The molecule has 1 aromatic carbocycles. The fraction of sp³-hybridized carbons (Fsp3) is 0.750. The van der Waals surface area contributed by atoms with Gasteiger partial charge in [0.05, 0.1) is 0 Å². The van der Waals surface area contributed by atoms with Crippen molar-refractivity contribution in [2.45, 2.75) is 83.2 Å². The molecule has 29 heavy (non-hydrogen) atoms. The smallest absolute Gasteiger partial charge is 0.206 e. The van der Waals surface area contributed by atoms with Crippen molar-refractivity contribution < 1.29 is 22.0 Å². The molecule has 0 saturated heterocycles. The predicted molar refractivity (Wildman–Crippen MR) is 103 cm³/mol. The van der Waals surface area contributed by atoms with Crippen molar-refractivity contribution in [3.05, 3.63) is 34.9 Å². The average molecular weight is 415 g/mol. The topological polar surface area (TPSA) is 0 Å². The fourth-order valence-electron chi connectivity index (χ4n) is 6.61. The molecular weight excluding hydrogens is 383 g/mol. The van der Waals surface area contributed by atoms with Crippen molar-refractivity contribution in [1.29, 1.82) is 0 Å². The quantitative estimate of drug-likeness (QED) is 0.429. The molecule has 3 aliphatic carbocycles. The Bertz CT molecular complexity index is 693. The molecule has 0 aliphatic heterocycles. The van der Waals surface area contributed by atoms with Crippen LogP contribution in [0.5, 0.6) is 0 Å². The lowest BCUT2D eigenvalue weighted by Crippen LogP contribution is -2.34. The van der Waals surface area contributed by atoms with Crippen LogP contribution in [0.15, 0.2) is 12.1 Å². The summed E-state index contributed by atoms with van der Waals surface area (Å²) in [6.45, 7) is 2.37. The number of halogens is 5.